The van der Waals surface area contributed by atoms with Crippen LogP contribution in [0.5, 0.6) is 0 Å². The number of amides is 2. The van der Waals surface area contributed by atoms with Gasteiger partial charge in [0.05, 0.1) is 5.69 Å². The van der Waals surface area contributed by atoms with Crippen molar-refractivity contribution in [3.8, 4) is 0 Å². The van der Waals surface area contributed by atoms with E-state index in [0.29, 0.717) is 16.3 Å². The molecular formula is C17H16ClFN2O2. The van der Waals surface area contributed by atoms with E-state index in [1.165, 1.54) is 30.0 Å². The van der Waals surface area contributed by atoms with E-state index < -0.39 is 11.7 Å². The summed E-state index contributed by atoms with van der Waals surface area (Å²) in [5.41, 5.74) is 1.32. The zero-order chi connectivity index (χ0) is 17.0. The minimum Gasteiger partial charge on any atom is -0.322 e. The van der Waals surface area contributed by atoms with Gasteiger partial charge in [-0.05, 0) is 36.8 Å². The first-order valence-electron chi connectivity index (χ1n) is 6.97. The van der Waals surface area contributed by atoms with Crippen LogP contribution in [0.3, 0.4) is 0 Å². The molecule has 0 saturated heterocycles. The number of hydrogen-bond acceptors (Lipinski definition) is 2. The first-order valence-corrected chi connectivity index (χ1v) is 7.35. The van der Waals surface area contributed by atoms with E-state index in [2.05, 4.69) is 5.32 Å². The number of nitrogens with zero attached hydrogens (tertiary/aromatic N) is 1. The molecule has 0 aromatic heterocycles. The number of hydrogen-bond donors (Lipinski definition) is 1. The van der Waals surface area contributed by atoms with E-state index in [-0.39, 0.29) is 18.1 Å². The third-order valence-electron chi connectivity index (χ3n) is 3.36. The number of nitrogens with one attached hydrogen (secondary N) is 1. The van der Waals surface area contributed by atoms with Gasteiger partial charge >= 0.3 is 0 Å². The Morgan fingerprint density at radius 2 is 1.87 bits per heavy atom. The number of benzene rings is 2. The predicted octanol–water partition coefficient (Wildman–Crippen LogP) is 3.78. The minimum absolute atomic E-state index is 0.0730. The van der Waals surface area contributed by atoms with Crippen LogP contribution in [-0.4, -0.2) is 18.4 Å². The summed E-state index contributed by atoms with van der Waals surface area (Å²) in [5.74, 6) is -1.34. The van der Waals surface area contributed by atoms with Gasteiger partial charge < -0.3 is 10.2 Å². The second kappa shape index (κ2) is 7.24. The molecular weight excluding hydrogens is 319 g/mol. The Morgan fingerprint density at radius 1 is 1.17 bits per heavy atom. The predicted molar refractivity (Wildman–Crippen MR) is 89.2 cm³/mol. The van der Waals surface area contributed by atoms with Crippen molar-refractivity contribution in [2.45, 2.75) is 13.8 Å². The van der Waals surface area contributed by atoms with Crippen molar-refractivity contribution in [1.82, 2.24) is 0 Å². The molecule has 1 N–H and O–H groups in total. The third kappa shape index (κ3) is 4.07. The second-order valence-electron chi connectivity index (χ2n) is 5.02. The molecule has 0 spiro atoms. The van der Waals surface area contributed by atoms with E-state index in [0.717, 1.165) is 0 Å². The van der Waals surface area contributed by atoms with Crippen LogP contribution < -0.4 is 10.2 Å². The molecule has 0 unspecified atom stereocenters. The first-order chi connectivity index (χ1) is 10.9. The summed E-state index contributed by atoms with van der Waals surface area (Å²) in [6.07, 6.45) is 0. The lowest BCUT2D eigenvalue weighted by molar-refractivity contribution is -0.120. The Labute approximate surface area is 138 Å². The fraction of sp³-hybridized carbons (Fsp3) is 0.176. The standard InChI is InChI=1S/C17H16ClFN2O2/c1-11-13(18)6-5-9-16(11)21(12(2)22)10-17(23)20-15-8-4-3-7-14(15)19/h3-9H,10H2,1-2H3,(H,20,23). The van der Waals surface area contributed by atoms with Gasteiger partial charge in [-0.25, -0.2) is 4.39 Å². The molecule has 0 aliphatic carbocycles. The maximum atomic E-state index is 13.6. The molecule has 0 heterocycles. The maximum absolute atomic E-state index is 13.6. The van der Waals surface area contributed by atoms with Crippen LogP contribution in [0.25, 0.3) is 0 Å². The van der Waals surface area contributed by atoms with E-state index >= 15 is 0 Å². The lowest BCUT2D eigenvalue weighted by Crippen LogP contribution is -2.37. The number of anilines is 2. The number of rotatable bonds is 4. The molecule has 0 radical (unpaired) electrons. The summed E-state index contributed by atoms with van der Waals surface area (Å²) in [6, 6.07) is 11.0. The quantitative estimate of drug-likeness (QED) is 0.925. The SMILES string of the molecule is CC(=O)N(CC(=O)Nc1ccccc1F)c1cccc(Cl)c1C. The average Bonchev–Trinajstić information content (AvgIpc) is 2.50. The van der Waals surface area contributed by atoms with Gasteiger partial charge in [0, 0.05) is 17.6 Å². The number of halogens is 2. The number of carbonyl (C=O) groups excluding carboxylic acids is 2. The van der Waals surface area contributed by atoms with Crippen molar-refractivity contribution in [2.75, 3.05) is 16.8 Å². The molecule has 0 aliphatic rings. The Balaban J connectivity index is 2.20. The van der Waals surface area contributed by atoms with Crippen molar-refractivity contribution in [3.63, 3.8) is 0 Å². The lowest BCUT2D eigenvalue weighted by Gasteiger charge is -2.23. The normalized spacial score (nSPS) is 10.3. The summed E-state index contributed by atoms with van der Waals surface area (Å²) in [4.78, 5) is 25.3. The highest BCUT2D eigenvalue weighted by atomic mass is 35.5. The van der Waals surface area contributed by atoms with E-state index in [1.807, 2.05) is 0 Å². The van der Waals surface area contributed by atoms with Gasteiger partial charge in [0.15, 0.2) is 0 Å². The van der Waals surface area contributed by atoms with Crippen LogP contribution in [0.2, 0.25) is 5.02 Å². The first kappa shape index (κ1) is 17.0. The van der Waals surface area contributed by atoms with Crippen LogP contribution in [0, 0.1) is 12.7 Å². The van der Waals surface area contributed by atoms with Crippen LogP contribution >= 0.6 is 11.6 Å². The van der Waals surface area contributed by atoms with E-state index in [4.69, 9.17) is 11.6 Å². The Hall–Kier alpha value is -2.40. The molecule has 0 aliphatic heterocycles. The van der Waals surface area contributed by atoms with Crippen LogP contribution in [0.1, 0.15) is 12.5 Å². The van der Waals surface area contributed by atoms with Gasteiger partial charge in [0.2, 0.25) is 11.8 Å². The van der Waals surface area contributed by atoms with Gasteiger partial charge in [0.1, 0.15) is 12.4 Å². The van der Waals surface area contributed by atoms with Crippen LogP contribution in [-0.2, 0) is 9.59 Å². The van der Waals surface area contributed by atoms with Gasteiger partial charge in [-0.2, -0.15) is 0 Å². The summed E-state index contributed by atoms with van der Waals surface area (Å²) in [5, 5.41) is 2.96. The number of para-hydroxylation sites is 1. The number of carbonyl (C=O) groups is 2. The molecule has 0 atom stereocenters. The summed E-state index contributed by atoms with van der Waals surface area (Å²) in [7, 11) is 0. The van der Waals surface area contributed by atoms with Gasteiger partial charge in [-0.3, -0.25) is 9.59 Å². The highest BCUT2D eigenvalue weighted by Gasteiger charge is 2.19. The van der Waals surface area contributed by atoms with Gasteiger partial charge in [-0.1, -0.05) is 29.8 Å². The third-order valence-corrected chi connectivity index (χ3v) is 3.77. The second-order valence-corrected chi connectivity index (χ2v) is 5.42. The summed E-state index contributed by atoms with van der Waals surface area (Å²) in [6.45, 7) is 2.89. The molecule has 23 heavy (non-hydrogen) atoms. The molecule has 2 aromatic carbocycles. The maximum Gasteiger partial charge on any atom is 0.244 e. The van der Waals surface area contributed by atoms with Crippen molar-refractivity contribution in [2.24, 2.45) is 0 Å². The summed E-state index contributed by atoms with van der Waals surface area (Å²) < 4.78 is 13.6. The van der Waals surface area contributed by atoms with Crippen molar-refractivity contribution in [3.05, 3.63) is 58.9 Å². The monoisotopic (exact) mass is 334 g/mol. The molecule has 0 fully saturated rings. The fourth-order valence-electron chi connectivity index (χ4n) is 2.15. The topological polar surface area (TPSA) is 49.4 Å². The molecule has 2 aromatic rings. The molecule has 2 amide bonds. The molecule has 2 rings (SSSR count). The molecule has 120 valence electrons. The summed E-state index contributed by atoms with van der Waals surface area (Å²) >= 11 is 6.06. The molecule has 4 nitrogen and oxygen atoms in total. The van der Waals surface area contributed by atoms with Gasteiger partial charge in [-0.15, -0.1) is 0 Å². The fourth-order valence-corrected chi connectivity index (χ4v) is 2.32. The van der Waals surface area contributed by atoms with E-state index in [9.17, 15) is 14.0 Å². The van der Waals surface area contributed by atoms with Crippen LogP contribution in [0.15, 0.2) is 42.5 Å². The largest absolute Gasteiger partial charge is 0.322 e. The van der Waals surface area contributed by atoms with Crippen molar-refractivity contribution < 1.29 is 14.0 Å². The molecule has 0 bridgehead atoms. The van der Waals surface area contributed by atoms with Crippen LogP contribution in [0.4, 0.5) is 15.8 Å². The van der Waals surface area contributed by atoms with Crippen molar-refractivity contribution >= 4 is 34.8 Å². The minimum atomic E-state index is -0.533. The Kier molecular flexibility index (Phi) is 5.34. The van der Waals surface area contributed by atoms with E-state index in [1.54, 1.807) is 31.2 Å². The zero-order valence-electron chi connectivity index (χ0n) is 12.8. The highest BCUT2D eigenvalue weighted by molar-refractivity contribution is 6.31. The Morgan fingerprint density at radius 3 is 2.52 bits per heavy atom. The average molecular weight is 335 g/mol. The highest BCUT2D eigenvalue weighted by Crippen LogP contribution is 2.26. The Bertz CT molecular complexity index is 749. The lowest BCUT2D eigenvalue weighted by atomic mass is 10.1. The zero-order valence-corrected chi connectivity index (χ0v) is 13.5. The molecule has 0 saturated carbocycles. The van der Waals surface area contributed by atoms with Crippen molar-refractivity contribution in [1.29, 1.82) is 0 Å². The smallest absolute Gasteiger partial charge is 0.244 e. The molecule has 6 heteroatoms. The van der Waals surface area contributed by atoms with Gasteiger partial charge in [0.25, 0.3) is 0 Å².